The number of methoxy groups -OCH3 is 1. The van der Waals surface area contributed by atoms with Gasteiger partial charge in [0.05, 0.1) is 7.11 Å². The molecular formula is C19H32N4O2. The zero-order valence-electron chi connectivity index (χ0n) is 15.8. The maximum atomic E-state index is 12.3. The van der Waals surface area contributed by atoms with Crippen molar-refractivity contribution in [3.05, 3.63) is 29.8 Å². The third-order valence-corrected chi connectivity index (χ3v) is 4.56. The Hall–Kier alpha value is -1.79. The molecule has 0 saturated carbocycles. The van der Waals surface area contributed by atoms with Crippen molar-refractivity contribution in [3.63, 3.8) is 0 Å². The molecule has 0 atom stereocenters. The van der Waals surface area contributed by atoms with Crippen LogP contribution in [0.3, 0.4) is 0 Å². The molecule has 2 rings (SSSR count). The average molecular weight is 348 g/mol. The number of hydrogen-bond donors (Lipinski definition) is 1. The lowest BCUT2D eigenvalue weighted by Gasteiger charge is -2.34. The number of amides is 2. The number of nitrogens with one attached hydrogen (secondary N) is 1. The molecule has 6 heteroatoms. The third-order valence-electron chi connectivity index (χ3n) is 4.56. The number of carbonyl (C=O) groups excluding carboxylic acids is 1. The summed E-state index contributed by atoms with van der Waals surface area (Å²) in [5.74, 6) is 0.856. The summed E-state index contributed by atoms with van der Waals surface area (Å²) in [5.41, 5.74) is 1.17. The van der Waals surface area contributed by atoms with Crippen LogP contribution < -0.4 is 10.1 Å². The van der Waals surface area contributed by atoms with E-state index in [0.29, 0.717) is 6.54 Å². The van der Waals surface area contributed by atoms with E-state index in [1.807, 2.05) is 23.1 Å². The number of benzene rings is 1. The summed E-state index contributed by atoms with van der Waals surface area (Å²) in [6.07, 6.45) is 1.99. The van der Waals surface area contributed by atoms with Crippen molar-refractivity contribution in [2.75, 3.05) is 67.0 Å². The third kappa shape index (κ3) is 6.92. The van der Waals surface area contributed by atoms with Crippen molar-refractivity contribution >= 4 is 6.03 Å². The van der Waals surface area contributed by atoms with Crippen LogP contribution in [-0.2, 0) is 6.42 Å². The Kier molecular flexibility index (Phi) is 8.01. The molecule has 1 aromatic carbocycles. The Labute approximate surface area is 151 Å². The van der Waals surface area contributed by atoms with Gasteiger partial charge in [0.2, 0.25) is 0 Å². The summed E-state index contributed by atoms with van der Waals surface area (Å²) in [7, 11) is 5.88. The molecular weight excluding hydrogens is 316 g/mol. The Balaban J connectivity index is 1.63. The quantitative estimate of drug-likeness (QED) is 0.774. The van der Waals surface area contributed by atoms with Gasteiger partial charge in [0.1, 0.15) is 5.75 Å². The fourth-order valence-corrected chi connectivity index (χ4v) is 3.04. The van der Waals surface area contributed by atoms with E-state index < -0.39 is 0 Å². The average Bonchev–Trinajstić information content (AvgIpc) is 2.62. The molecule has 0 aliphatic carbocycles. The predicted molar refractivity (Wildman–Crippen MR) is 101 cm³/mol. The topological polar surface area (TPSA) is 48.1 Å². The Morgan fingerprint density at radius 1 is 1.24 bits per heavy atom. The lowest BCUT2D eigenvalue weighted by molar-refractivity contribution is 0.136. The molecule has 1 aliphatic rings. The Bertz CT molecular complexity index is 528. The van der Waals surface area contributed by atoms with Gasteiger partial charge in [0.25, 0.3) is 0 Å². The Morgan fingerprint density at radius 2 is 2.00 bits per heavy atom. The summed E-state index contributed by atoms with van der Waals surface area (Å²) >= 11 is 0. The normalized spacial score (nSPS) is 15.4. The fourth-order valence-electron chi connectivity index (χ4n) is 3.04. The van der Waals surface area contributed by atoms with Crippen molar-refractivity contribution < 1.29 is 9.53 Å². The second kappa shape index (κ2) is 10.3. The number of hydrogen-bond acceptors (Lipinski definition) is 4. The summed E-state index contributed by atoms with van der Waals surface area (Å²) in [5, 5.41) is 3.03. The van der Waals surface area contributed by atoms with Crippen LogP contribution in [-0.4, -0.2) is 87.7 Å². The first kappa shape index (κ1) is 19.5. The first-order chi connectivity index (χ1) is 12.1. The second-order valence-electron chi connectivity index (χ2n) is 6.82. The van der Waals surface area contributed by atoms with Crippen molar-refractivity contribution in [1.29, 1.82) is 0 Å². The number of rotatable bonds is 8. The highest BCUT2D eigenvalue weighted by molar-refractivity contribution is 5.74. The molecule has 6 nitrogen and oxygen atoms in total. The maximum Gasteiger partial charge on any atom is 0.317 e. The van der Waals surface area contributed by atoms with E-state index in [1.54, 1.807) is 7.11 Å². The van der Waals surface area contributed by atoms with E-state index in [9.17, 15) is 4.79 Å². The SMILES string of the molecule is COc1cccc(CCNC(=O)N2CCN(CCCN(C)C)CC2)c1. The van der Waals surface area contributed by atoms with Gasteiger partial charge in [-0.05, 0) is 57.7 Å². The van der Waals surface area contributed by atoms with Gasteiger partial charge in [0, 0.05) is 32.7 Å². The number of carbonyl (C=O) groups is 1. The van der Waals surface area contributed by atoms with Gasteiger partial charge in [-0.15, -0.1) is 0 Å². The summed E-state index contributed by atoms with van der Waals surface area (Å²) in [4.78, 5) is 18.9. The van der Waals surface area contributed by atoms with Crippen LogP contribution in [0.5, 0.6) is 5.75 Å². The molecule has 25 heavy (non-hydrogen) atoms. The van der Waals surface area contributed by atoms with Crippen LogP contribution in [0, 0.1) is 0 Å². The van der Waals surface area contributed by atoms with Crippen LogP contribution in [0.25, 0.3) is 0 Å². The molecule has 1 N–H and O–H groups in total. The lowest BCUT2D eigenvalue weighted by Crippen LogP contribution is -2.52. The predicted octanol–water partition coefficient (Wildman–Crippen LogP) is 1.52. The van der Waals surface area contributed by atoms with Crippen LogP contribution in [0.4, 0.5) is 4.79 Å². The monoisotopic (exact) mass is 348 g/mol. The van der Waals surface area contributed by atoms with Crippen LogP contribution >= 0.6 is 0 Å². The van der Waals surface area contributed by atoms with Gasteiger partial charge in [-0.2, -0.15) is 0 Å². The van der Waals surface area contributed by atoms with E-state index in [0.717, 1.165) is 51.4 Å². The zero-order chi connectivity index (χ0) is 18.1. The van der Waals surface area contributed by atoms with E-state index >= 15 is 0 Å². The zero-order valence-corrected chi connectivity index (χ0v) is 15.8. The highest BCUT2D eigenvalue weighted by Crippen LogP contribution is 2.12. The van der Waals surface area contributed by atoms with Crippen LogP contribution in [0.2, 0.25) is 0 Å². The molecule has 0 aromatic heterocycles. The molecule has 1 fully saturated rings. The van der Waals surface area contributed by atoms with Gasteiger partial charge >= 0.3 is 6.03 Å². The van der Waals surface area contributed by atoms with E-state index in [1.165, 1.54) is 12.0 Å². The van der Waals surface area contributed by atoms with Gasteiger partial charge in [0.15, 0.2) is 0 Å². The number of nitrogens with zero attached hydrogens (tertiary/aromatic N) is 3. The maximum absolute atomic E-state index is 12.3. The van der Waals surface area contributed by atoms with E-state index in [4.69, 9.17) is 4.74 Å². The summed E-state index contributed by atoms with van der Waals surface area (Å²) in [6, 6.07) is 8.03. The number of piperazine rings is 1. The lowest BCUT2D eigenvalue weighted by atomic mass is 10.1. The molecule has 140 valence electrons. The first-order valence-corrected chi connectivity index (χ1v) is 9.11. The van der Waals surface area contributed by atoms with Gasteiger partial charge in [-0.1, -0.05) is 12.1 Å². The summed E-state index contributed by atoms with van der Waals surface area (Å²) in [6.45, 7) is 6.44. The summed E-state index contributed by atoms with van der Waals surface area (Å²) < 4.78 is 5.23. The minimum atomic E-state index is 0.0517. The second-order valence-corrected chi connectivity index (χ2v) is 6.82. The minimum absolute atomic E-state index is 0.0517. The highest BCUT2D eigenvalue weighted by Gasteiger charge is 2.20. The van der Waals surface area contributed by atoms with Crippen molar-refractivity contribution in [2.45, 2.75) is 12.8 Å². The number of ether oxygens (including phenoxy) is 1. The van der Waals surface area contributed by atoms with Crippen LogP contribution in [0.15, 0.2) is 24.3 Å². The molecule has 1 aliphatic heterocycles. The molecule has 0 bridgehead atoms. The van der Waals surface area contributed by atoms with Gasteiger partial charge in [-0.3, -0.25) is 4.90 Å². The fraction of sp³-hybridized carbons (Fsp3) is 0.632. The largest absolute Gasteiger partial charge is 0.497 e. The molecule has 2 amide bonds. The Morgan fingerprint density at radius 3 is 2.68 bits per heavy atom. The smallest absolute Gasteiger partial charge is 0.317 e. The van der Waals surface area contributed by atoms with Gasteiger partial charge < -0.3 is 19.9 Å². The minimum Gasteiger partial charge on any atom is -0.497 e. The van der Waals surface area contributed by atoms with Crippen LogP contribution in [0.1, 0.15) is 12.0 Å². The first-order valence-electron chi connectivity index (χ1n) is 9.11. The van der Waals surface area contributed by atoms with Crippen molar-refractivity contribution in [3.8, 4) is 5.75 Å². The van der Waals surface area contributed by atoms with Crippen molar-refractivity contribution in [2.24, 2.45) is 0 Å². The molecule has 0 radical (unpaired) electrons. The van der Waals surface area contributed by atoms with E-state index in [-0.39, 0.29) is 6.03 Å². The molecule has 1 heterocycles. The standard InChI is InChI=1S/C19H32N4O2/c1-21(2)10-5-11-22-12-14-23(15-13-22)19(24)20-9-8-17-6-4-7-18(16-17)25-3/h4,6-7,16H,5,8-15H2,1-3H3,(H,20,24). The van der Waals surface area contributed by atoms with Gasteiger partial charge in [-0.25, -0.2) is 4.79 Å². The molecule has 1 aromatic rings. The molecule has 0 spiro atoms. The highest BCUT2D eigenvalue weighted by atomic mass is 16.5. The molecule has 0 unspecified atom stereocenters. The molecule has 1 saturated heterocycles. The van der Waals surface area contributed by atoms with E-state index in [2.05, 4.69) is 35.3 Å². The van der Waals surface area contributed by atoms with Crippen molar-refractivity contribution in [1.82, 2.24) is 20.0 Å². The number of urea groups is 1.